The van der Waals surface area contributed by atoms with E-state index in [1.165, 1.54) is 24.3 Å². The molecule has 2 rings (SSSR count). The van der Waals surface area contributed by atoms with Gasteiger partial charge in [0.2, 0.25) is 0 Å². The van der Waals surface area contributed by atoms with Crippen molar-refractivity contribution in [1.29, 1.82) is 0 Å². The number of hydrogen-bond donors (Lipinski definition) is 4. The van der Waals surface area contributed by atoms with Gasteiger partial charge in [-0.2, -0.15) is 0 Å². The normalized spacial score (nSPS) is 11.8. The highest BCUT2D eigenvalue weighted by molar-refractivity contribution is 5.94. The Morgan fingerprint density at radius 1 is 1.07 bits per heavy atom. The number of nitrogens with one attached hydrogen (secondary N) is 1. The molecule has 2 aromatic carbocycles. The Balaban J connectivity index is 1.86. The molecule has 0 spiro atoms. The summed E-state index contributed by atoms with van der Waals surface area (Å²) in [5.41, 5.74) is 1.28. The molecule has 8 nitrogen and oxygen atoms in total. The third-order valence-electron chi connectivity index (χ3n) is 3.83. The van der Waals surface area contributed by atoms with Crippen LogP contribution in [0, 0.1) is 0 Å². The van der Waals surface area contributed by atoms with Crippen molar-refractivity contribution in [3.8, 4) is 23.0 Å². The first-order valence-electron chi connectivity index (χ1n) is 8.95. The van der Waals surface area contributed by atoms with Crippen LogP contribution < -0.4 is 10.1 Å². The smallest absolute Gasteiger partial charge is 0.415 e. The second-order valence-electron chi connectivity index (χ2n) is 6.27. The van der Waals surface area contributed by atoms with Crippen LogP contribution in [0.4, 0.5) is 4.79 Å². The van der Waals surface area contributed by atoms with Crippen molar-refractivity contribution in [2.45, 2.75) is 26.3 Å². The van der Waals surface area contributed by atoms with Gasteiger partial charge in [-0.05, 0) is 61.7 Å². The quantitative estimate of drug-likeness (QED) is 0.243. The van der Waals surface area contributed by atoms with Gasteiger partial charge in [0.15, 0.2) is 23.0 Å². The molecule has 0 saturated carbocycles. The standard InChI is InChI=1S/C21H23NO7/c1-3-28-19-12-14(4-8-17(19)24)6-9-20(26)29-21(27)22-13(2)10-15-5-7-16(23)18(25)11-15/h4-9,11-13,23-25H,3,10H2,1-2H3,(H,22,27). The van der Waals surface area contributed by atoms with Crippen LogP contribution in [0.1, 0.15) is 25.0 Å². The predicted molar refractivity (Wildman–Crippen MR) is 106 cm³/mol. The fraction of sp³-hybridized carbons (Fsp3) is 0.238. The minimum absolute atomic E-state index is 0.0121. The lowest BCUT2D eigenvalue weighted by atomic mass is 10.1. The van der Waals surface area contributed by atoms with E-state index in [1.807, 2.05) is 0 Å². The van der Waals surface area contributed by atoms with Crippen molar-refractivity contribution in [2.75, 3.05) is 6.61 Å². The molecule has 154 valence electrons. The monoisotopic (exact) mass is 401 g/mol. The number of benzene rings is 2. The number of amides is 1. The fourth-order valence-electron chi connectivity index (χ4n) is 2.53. The first-order valence-corrected chi connectivity index (χ1v) is 8.95. The van der Waals surface area contributed by atoms with E-state index in [0.29, 0.717) is 24.2 Å². The second kappa shape index (κ2) is 10.0. The van der Waals surface area contributed by atoms with E-state index in [0.717, 1.165) is 6.08 Å². The highest BCUT2D eigenvalue weighted by Crippen LogP contribution is 2.27. The van der Waals surface area contributed by atoms with Gasteiger partial charge in [-0.3, -0.25) is 0 Å². The van der Waals surface area contributed by atoms with Gasteiger partial charge >= 0.3 is 12.1 Å². The summed E-state index contributed by atoms with van der Waals surface area (Å²) in [6.45, 7) is 3.87. The van der Waals surface area contributed by atoms with Crippen LogP contribution >= 0.6 is 0 Å². The Kier molecular flexibility index (Phi) is 7.47. The fourth-order valence-corrected chi connectivity index (χ4v) is 2.53. The van der Waals surface area contributed by atoms with Crippen LogP contribution in [-0.2, 0) is 16.0 Å². The van der Waals surface area contributed by atoms with Crippen molar-refractivity contribution < 1.29 is 34.4 Å². The highest BCUT2D eigenvalue weighted by Gasteiger charge is 2.13. The summed E-state index contributed by atoms with van der Waals surface area (Å²) in [4.78, 5) is 23.7. The largest absolute Gasteiger partial charge is 0.504 e. The molecule has 1 atom stereocenters. The molecular weight excluding hydrogens is 378 g/mol. The Morgan fingerprint density at radius 3 is 2.48 bits per heavy atom. The molecule has 0 aliphatic heterocycles. The Labute approximate surface area is 168 Å². The summed E-state index contributed by atoms with van der Waals surface area (Å²) in [6, 6.07) is 8.54. The van der Waals surface area contributed by atoms with Crippen LogP contribution in [0.15, 0.2) is 42.5 Å². The van der Waals surface area contributed by atoms with E-state index in [4.69, 9.17) is 4.74 Å². The third kappa shape index (κ3) is 6.76. The average molecular weight is 401 g/mol. The number of carbonyl (C=O) groups is 2. The molecule has 0 saturated heterocycles. The highest BCUT2D eigenvalue weighted by atomic mass is 16.6. The molecular formula is C21H23NO7. The summed E-state index contributed by atoms with van der Waals surface area (Å²) >= 11 is 0. The van der Waals surface area contributed by atoms with Crippen LogP contribution in [-0.4, -0.2) is 40.0 Å². The number of hydrogen-bond acceptors (Lipinski definition) is 7. The molecule has 2 aromatic rings. The lowest BCUT2D eigenvalue weighted by molar-refractivity contribution is -0.131. The first kappa shape index (κ1) is 21.6. The Bertz CT molecular complexity index is 908. The molecule has 0 bridgehead atoms. The zero-order valence-corrected chi connectivity index (χ0v) is 16.1. The SMILES string of the molecule is CCOc1cc(C=CC(=O)OC(=O)NC(C)Cc2ccc(O)c(O)c2)ccc1O. The van der Waals surface area contributed by atoms with Crippen molar-refractivity contribution in [2.24, 2.45) is 0 Å². The molecule has 1 amide bonds. The second-order valence-corrected chi connectivity index (χ2v) is 6.27. The van der Waals surface area contributed by atoms with Gasteiger partial charge in [0.25, 0.3) is 0 Å². The number of phenolic OH excluding ortho intramolecular Hbond substituents is 3. The maximum absolute atomic E-state index is 11.8. The minimum atomic E-state index is -0.907. The molecule has 29 heavy (non-hydrogen) atoms. The summed E-state index contributed by atoms with van der Waals surface area (Å²) in [7, 11) is 0. The number of aromatic hydroxyl groups is 3. The lowest BCUT2D eigenvalue weighted by Gasteiger charge is -2.13. The summed E-state index contributed by atoms with van der Waals surface area (Å²) in [5, 5.41) is 31.0. The van der Waals surface area contributed by atoms with E-state index in [-0.39, 0.29) is 29.0 Å². The molecule has 1 unspecified atom stereocenters. The van der Waals surface area contributed by atoms with E-state index < -0.39 is 12.1 Å². The lowest BCUT2D eigenvalue weighted by Crippen LogP contribution is -2.35. The van der Waals surface area contributed by atoms with E-state index >= 15 is 0 Å². The van der Waals surface area contributed by atoms with Crippen LogP contribution in [0.3, 0.4) is 0 Å². The topological polar surface area (TPSA) is 125 Å². The maximum atomic E-state index is 11.8. The number of carbonyl (C=O) groups excluding carboxylic acids is 2. The van der Waals surface area contributed by atoms with Gasteiger partial charge in [-0.15, -0.1) is 0 Å². The molecule has 0 fully saturated rings. The molecule has 0 aliphatic carbocycles. The number of alkyl carbamates (subject to hydrolysis) is 1. The molecule has 0 radical (unpaired) electrons. The number of ether oxygens (including phenoxy) is 2. The first-order chi connectivity index (χ1) is 13.8. The van der Waals surface area contributed by atoms with Gasteiger partial charge in [0.05, 0.1) is 6.61 Å². The summed E-state index contributed by atoms with van der Waals surface area (Å²) in [5.74, 6) is -1.06. The minimum Gasteiger partial charge on any atom is -0.504 e. The van der Waals surface area contributed by atoms with E-state index in [9.17, 15) is 24.9 Å². The number of rotatable bonds is 7. The van der Waals surface area contributed by atoms with Crippen LogP contribution in [0.2, 0.25) is 0 Å². The van der Waals surface area contributed by atoms with Gasteiger partial charge in [0, 0.05) is 12.1 Å². The van der Waals surface area contributed by atoms with Gasteiger partial charge in [-0.25, -0.2) is 9.59 Å². The third-order valence-corrected chi connectivity index (χ3v) is 3.83. The summed E-state index contributed by atoms with van der Waals surface area (Å²) in [6.07, 6.45) is 1.97. The Morgan fingerprint density at radius 2 is 1.79 bits per heavy atom. The van der Waals surface area contributed by atoms with Gasteiger partial charge in [-0.1, -0.05) is 12.1 Å². The number of phenols is 3. The van der Waals surface area contributed by atoms with Crippen molar-refractivity contribution in [1.82, 2.24) is 5.32 Å². The molecule has 4 N–H and O–H groups in total. The maximum Gasteiger partial charge on any atom is 0.415 e. The molecule has 8 heteroatoms. The zero-order chi connectivity index (χ0) is 21.4. The van der Waals surface area contributed by atoms with Crippen LogP contribution in [0.5, 0.6) is 23.0 Å². The van der Waals surface area contributed by atoms with E-state index in [1.54, 1.807) is 32.0 Å². The van der Waals surface area contributed by atoms with Crippen LogP contribution in [0.25, 0.3) is 6.08 Å². The zero-order valence-electron chi connectivity index (χ0n) is 16.1. The van der Waals surface area contributed by atoms with Gasteiger partial charge in [0.1, 0.15) is 0 Å². The number of esters is 1. The predicted octanol–water partition coefficient (Wildman–Crippen LogP) is 3.10. The van der Waals surface area contributed by atoms with Crippen molar-refractivity contribution in [3.05, 3.63) is 53.6 Å². The summed E-state index contributed by atoms with van der Waals surface area (Å²) < 4.78 is 9.94. The van der Waals surface area contributed by atoms with E-state index in [2.05, 4.69) is 10.1 Å². The molecule has 0 aromatic heterocycles. The average Bonchev–Trinajstić information content (AvgIpc) is 2.65. The van der Waals surface area contributed by atoms with Crippen molar-refractivity contribution >= 4 is 18.1 Å². The molecule has 0 aliphatic rings. The Hall–Kier alpha value is -3.68. The molecule has 0 heterocycles. The van der Waals surface area contributed by atoms with Gasteiger partial charge < -0.3 is 30.1 Å². The van der Waals surface area contributed by atoms with Crippen molar-refractivity contribution in [3.63, 3.8) is 0 Å².